The van der Waals surface area contributed by atoms with E-state index in [-0.39, 0.29) is 29.1 Å². The second-order valence-electron chi connectivity index (χ2n) is 7.17. The number of nitrogens with one attached hydrogen (secondary N) is 1. The first kappa shape index (κ1) is 19.3. The lowest BCUT2D eigenvalue weighted by Crippen LogP contribution is -2.48. The Kier molecular flexibility index (Phi) is 5.67. The van der Waals surface area contributed by atoms with Crippen LogP contribution in [0.2, 0.25) is 0 Å². The van der Waals surface area contributed by atoms with Gasteiger partial charge in [0.2, 0.25) is 10.0 Å². The summed E-state index contributed by atoms with van der Waals surface area (Å²) < 4.78 is 32.8. The van der Waals surface area contributed by atoms with Crippen molar-refractivity contribution in [3.63, 3.8) is 0 Å². The Morgan fingerprint density at radius 2 is 1.81 bits per heavy atom. The van der Waals surface area contributed by atoms with Crippen LogP contribution in [0.3, 0.4) is 0 Å². The minimum absolute atomic E-state index is 0.0868. The molecule has 0 aromatic heterocycles. The van der Waals surface area contributed by atoms with Gasteiger partial charge in [0.15, 0.2) is 0 Å². The number of carbonyl (C=O) groups is 1. The number of nitrogens with zero attached hydrogens (tertiary/aromatic N) is 2. The first-order chi connectivity index (χ1) is 12.3. The molecule has 0 spiro atoms. The third-order valence-corrected chi connectivity index (χ3v) is 6.87. The minimum Gasteiger partial charge on any atom is -0.373 e. The van der Waals surface area contributed by atoms with Gasteiger partial charge in [0.1, 0.15) is 0 Å². The highest BCUT2D eigenvalue weighted by Crippen LogP contribution is 2.22. The highest BCUT2D eigenvalue weighted by Gasteiger charge is 2.32. The molecule has 1 aromatic rings. The van der Waals surface area contributed by atoms with E-state index in [2.05, 4.69) is 5.32 Å². The number of morpholine rings is 1. The van der Waals surface area contributed by atoms with Crippen molar-refractivity contribution in [2.45, 2.75) is 43.4 Å². The molecule has 1 N–H and O–H groups in total. The lowest BCUT2D eigenvalue weighted by Gasteiger charge is -2.34. The molecule has 2 aliphatic rings. The second-order valence-corrected chi connectivity index (χ2v) is 9.10. The zero-order chi connectivity index (χ0) is 18.9. The van der Waals surface area contributed by atoms with Crippen molar-refractivity contribution in [2.75, 3.05) is 33.2 Å². The maximum Gasteiger partial charge on any atom is 0.253 e. The monoisotopic (exact) mass is 381 g/mol. The lowest BCUT2D eigenvalue weighted by atomic mass is 10.1. The molecule has 144 valence electrons. The molecule has 0 aliphatic carbocycles. The summed E-state index contributed by atoms with van der Waals surface area (Å²) in [6.07, 6.45) is 0.661. The van der Waals surface area contributed by atoms with E-state index in [0.717, 1.165) is 19.5 Å². The Morgan fingerprint density at radius 1 is 1.19 bits per heavy atom. The molecule has 0 radical (unpaired) electrons. The van der Waals surface area contributed by atoms with Gasteiger partial charge in [0.25, 0.3) is 5.91 Å². The van der Waals surface area contributed by atoms with Crippen LogP contribution in [0.4, 0.5) is 0 Å². The van der Waals surface area contributed by atoms with Crippen LogP contribution in [-0.4, -0.2) is 75.0 Å². The number of rotatable bonds is 4. The fourth-order valence-electron chi connectivity index (χ4n) is 3.58. The predicted molar refractivity (Wildman–Crippen MR) is 98.6 cm³/mol. The van der Waals surface area contributed by atoms with Crippen molar-refractivity contribution in [2.24, 2.45) is 0 Å². The molecule has 0 bridgehead atoms. The lowest BCUT2D eigenvalue weighted by molar-refractivity contribution is -0.0440. The van der Waals surface area contributed by atoms with Gasteiger partial charge in [-0.15, -0.1) is 0 Å². The van der Waals surface area contributed by atoms with E-state index in [1.54, 1.807) is 24.1 Å². The third kappa shape index (κ3) is 3.93. The van der Waals surface area contributed by atoms with Crippen molar-refractivity contribution in [3.05, 3.63) is 29.8 Å². The van der Waals surface area contributed by atoms with Crippen LogP contribution in [0.5, 0.6) is 0 Å². The van der Waals surface area contributed by atoms with Crippen molar-refractivity contribution < 1.29 is 17.9 Å². The first-order valence-electron chi connectivity index (χ1n) is 9.02. The second kappa shape index (κ2) is 7.64. The molecule has 8 heteroatoms. The van der Waals surface area contributed by atoms with Crippen LogP contribution < -0.4 is 5.32 Å². The number of hydrogen-bond acceptors (Lipinski definition) is 5. The van der Waals surface area contributed by atoms with Crippen LogP contribution in [-0.2, 0) is 14.8 Å². The van der Waals surface area contributed by atoms with Crippen molar-refractivity contribution in [1.82, 2.24) is 14.5 Å². The van der Waals surface area contributed by atoms with Crippen LogP contribution in [0.1, 0.15) is 30.6 Å². The molecule has 0 saturated carbocycles. The van der Waals surface area contributed by atoms with Crippen LogP contribution in [0, 0.1) is 0 Å². The molecule has 3 unspecified atom stereocenters. The topological polar surface area (TPSA) is 79.0 Å². The maximum atomic E-state index is 12.9. The number of carbonyl (C=O) groups excluding carboxylic acids is 1. The van der Waals surface area contributed by atoms with Gasteiger partial charge in [0.05, 0.1) is 17.1 Å². The van der Waals surface area contributed by atoms with E-state index in [1.807, 2.05) is 13.8 Å². The molecule has 2 fully saturated rings. The van der Waals surface area contributed by atoms with Gasteiger partial charge in [-0.1, -0.05) is 0 Å². The van der Waals surface area contributed by atoms with Crippen molar-refractivity contribution in [1.29, 1.82) is 0 Å². The van der Waals surface area contributed by atoms with Crippen molar-refractivity contribution >= 4 is 15.9 Å². The number of amides is 1. The Balaban J connectivity index is 1.75. The highest BCUT2D eigenvalue weighted by molar-refractivity contribution is 7.89. The predicted octanol–water partition coefficient (Wildman–Crippen LogP) is 0.918. The Bertz CT molecular complexity index is 734. The SMILES string of the molecule is CC1CN(S(=O)(=O)c2ccc(C(=O)N(C)C3CCNC3)cc2)CC(C)O1. The van der Waals surface area contributed by atoms with Gasteiger partial charge in [0, 0.05) is 38.3 Å². The number of ether oxygens (including phenoxy) is 1. The summed E-state index contributed by atoms with van der Waals surface area (Å²) in [5, 5.41) is 3.24. The largest absolute Gasteiger partial charge is 0.373 e. The summed E-state index contributed by atoms with van der Waals surface area (Å²) in [5.41, 5.74) is 0.502. The molecular formula is C18H27N3O4S. The number of likely N-dealkylation sites (N-methyl/N-ethyl adjacent to an activating group) is 1. The highest BCUT2D eigenvalue weighted by atomic mass is 32.2. The molecule has 3 atom stereocenters. The number of sulfonamides is 1. The zero-order valence-corrected chi connectivity index (χ0v) is 16.3. The van der Waals surface area contributed by atoms with Gasteiger partial charge in [-0.05, 0) is 51.1 Å². The molecule has 26 heavy (non-hydrogen) atoms. The summed E-state index contributed by atoms with van der Waals surface area (Å²) in [5.74, 6) is -0.0868. The zero-order valence-electron chi connectivity index (χ0n) is 15.5. The summed E-state index contributed by atoms with van der Waals surface area (Å²) in [6.45, 7) is 6.12. The van der Waals surface area contributed by atoms with E-state index in [4.69, 9.17) is 4.74 Å². The maximum absolute atomic E-state index is 12.9. The summed E-state index contributed by atoms with van der Waals surface area (Å²) in [7, 11) is -1.79. The van der Waals surface area contributed by atoms with E-state index < -0.39 is 10.0 Å². The first-order valence-corrected chi connectivity index (χ1v) is 10.5. The molecule has 3 rings (SSSR count). The van der Waals surface area contributed by atoms with Crippen LogP contribution in [0.25, 0.3) is 0 Å². The Labute approximate surface area is 155 Å². The summed E-state index contributed by atoms with van der Waals surface area (Å²) in [6, 6.07) is 6.42. The fourth-order valence-corrected chi connectivity index (χ4v) is 5.18. The molecule has 7 nitrogen and oxygen atoms in total. The van der Waals surface area contributed by atoms with E-state index in [0.29, 0.717) is 18.7 Å². The number of benzene rings is 1. The standard InChI is InChI=1S/C18H27N3O4S/c1-13-11-21(12-14(2)25-13)26(23,24)17-6-4-15(5-7-17)18(22)20(3)16-8-9-19-10-16/h4-7,13-14,16,19H,8-12H2,1-3H3. The van der Waals surface area contributed by atoms with Crippen LogP contribution in [0.15, 0.2) is 29.2 Å². The molecule has 2 saturated heterocycles. The molecule has 1 amide bonds. The Hall–Kier alpha value is -1.48. The minimum atomic E-state index is -3.59. The van der Waals surface area contributed by atoms with Crippen molar-refractivity contribution in [3.8, 4) is 0 Å². The van der Waals surface area contributed by atoms with Gasteiger partial charge >= 0.3 is 0 Å². The smallest absolute Gasteiger partial charge is 0.253 e. The molecule has 2 aliphatic heterocycles. The summed E-state index contributed by atoms with van der Waals surface area (Å²) >= 11 is 0. The third-order valence-electron chi connectivity index (χ3n) is 5.03. The number of hydrogen-bond donors (Lipinski definition) is 1. The normalized spacial score (nSPS) is 27.4. The van der Waals surface area contributed by atoms with Crippen LogP contribution >= 0.6 is 0 Å². The van der Waals surface area contributed by atoms with E-state index in [1.165, 1.54) is 16.4 Å². The van der Waals surface area contributed by atoms with E-state index >= 15 is 0 Å². The summed E-state index contributed by atoms with van der Waals surface area (Å²) in [4.78, 5) is 14.5. The molecule has 2 heterocycles. The Morgan fingerprint density at radius 3 is 2.35 bits per heavy atom. The van der Waals surface area contributed by atoms with Gasteiger partial charge in [-0.3, -0.25) is 4.79 Å². The van der Waals surface area contributed by atoms with Gasteiger partial charge in [-0.25, -0.2) is 8.42 Å². The average molecular weight is 381 g/mol. The average Bonchev–Trinajstić information content (AvgIpc) is 3.14. The molecule has 1 aromatic carbocycles. The fraction of sp³-hybridized carbons (Fsp3) is 0.611. The quantitative estimate of drug-likeness (QED) is 0.839. The molecular weight excluding hydrogens is 354 g/mol. The van der Waals surface area contributed by atoms with Gasteiger partial charge < -0.3 is 15.0 Å². The van der Waals surface area contributed by atoms with E-state index in [9.17, 15) is 13.2 Å². The van der Waals surface area contributed by atoms with Gasteiger partial charge in [-0.2, -0.15) is 4.31 Å².